The number of amides is 2. The van der Waals surface area contributed by atoms with Gasteiger partial charge in [0, 0.05) is 61.2 Å². The number of carbonyl (C=O) groups excluding carboxylic acids is 2. The lowest BCUT2D eigenvalue weighted by atomic mass is 9.94. The highest BCUT2D eigenvalue weighted by Crippen LogP contribution is 2.39. The standard InChI is InChI=1S/C37H46BrClN6O3/c1-2-30-22-42(24-41-30)20-25-7-6-14-44(21-25)36(46)33-23-43(15-16-45(33)37(47)48-31-8-4-3-5-9-31)35-32-13-12-29(39)18-26(32)10-11-27-17-28(38)19-40-34(27)35/h12-13,17-19,22,24-25,31,33,35H,2-11,14-16,20-21,23H2,1H3/t25-,33-,35?/m1/s1. The Bertz CT molecular complexity index is 1570. The number of ether oxygens (including phenoxy) is 1. The molecule has 1 saturated carbocycles. The number of hydrogen-bond donors (Lipinski definition) is 0. The number of aryl methyl sites for hydroxylation is 3. The van der Waals surface area contributed by atoms with E-state index < -0.39 is 6.04 Å². The number of piperidine rings is 1. The van der Waals surface area contributed by atoms with Crippen LogP contribution in [0.1, 0.15) is 86.0 Å². The van der Waals surface area contributed by atoms with Gasteiger partial charge in [-0.05, 0) is 115 Å². The fraction of sp³-hybridized carbons (Fsp3) is 0.568. The molecular weight excluding hydrogens is 692 g/mol. The third-order valence-corrected chi connectivity index (χ3v) is 11.4. The van der Waals surface area contributed by atoms with Crippen LogP contribution in [0.4, 0.5) is 4.79 Å². The maximum absolute atomic E-state index is 14.7. The normalized spacial score (nSPS) is 23.7. The molecular formula is C37H46BrClN6O3. The van der Waals surface area contributed by atoms with Gasteiger partial charge in [-0.1, -0.05) is 31.0 Å². The van der Waals surface area contributed by atoms with Crippen LogP contribution in [0.15, 0.2) is 47.5 Å². The first-order valence-corrected chi connectivity index (χ1v) is 19.0. The van der Waals surface area contributed by atoms with Gasteiger partial charge in [0.1, 0.15) is 12.1 Å². The molecule has 0 radical (unpaired) electrons. The van der Waals surface area contributed by atoms with E-state index in [0.717, 1.165) is 85.2 Å². The van der Waals surface area contributed by atoms with Gasteiger partial charge in [-0.2, -0.15) is 0 Å². The SMILES string of the molecule is CCc1cn(C[C@H]2CCCN(C(=O)[C@H]3CN(C4c5ccc(Cl)cc5CCc5cc(Br)cnc54)CCN3C(=O)OC3CCCCC3)C2)cn1. The Balaban J connectivity index is 1.17. The summed E-state index contributed by atoms with van der Waals surface area (Å²) in [7, 11) is 0. The van der Waals surface area contributed by atoms with E-state index in [2.05, 4.69) is 61.7 Å². The van der Waals surface area contributed by atoms with Crippen molar-refractivity contribution >= 4 is 39.5 Å². The molecule has 3 atom stereocenters. The van der Waals surface area contributed by atoms with Gasteiger partial charge in [0.2, 0.25) is 5.91 Å². The zero-order valence-electron chi connectivity index (χ0n) is 27.8. The molecule has 4 heterocycles. The van der Waals surface area contributed by atoms with E-state index in [9.17, 15) is 9.59 Å². The summed E-state index contributed by atoms with van der Waals surface area (Å²) < 4.78 is 9.22. The third kappa shape index (κ3) is 7.31. The predicted molar refractivity (Wildman–Crippen MR) is 189 cm³/mol. The number of nitrogens with zero attached hydrogens (tertiary/aromatic N) is 6. The van der Waals surface area contributed by atoms with Gasteiger partial charge in [0.05, 0.1) is 23.8 Å². The van der Waals surface area contributed by atoms with Crippen molar-refractivity contribution in [1.29, 1.82) is 0 Å². The Morgan fingerprint density at radius 3 is 2.62 bits per heavy atom. The van der Waals surface area contributed by atoms with Crippen molar-refractivity contribution in [1.82, 2.24) is 29.2 Å². The van der Waals surface area contributed by atoms with Crippen molar-refractivity contribution in [3.63, 3.8) is 0 Å². The Morgan fingerprint density at radius 1 is 0.979 bits per heavy atom. The smallest absolute Gasteiger partial charge is 0.410 e. The molecule has 1 unspecified atom stereocenters. The molecule has 2 amide bonds. The summed E-state index contributed by atoms with van der Waals surface area (Å²) in [4.78, 5) is 44.1. The number of likely N-dealkylation sites (tertiary alicyclic amines) is 1. The van der Waals surface area contributed by atoms with Crippen LogP contribution in [0, 0.1) is 5.92 Å². The molecule has 3 aromatic rings. The molecule has 9 nitrogen and oxygen atoms in total. The number of piperazine rings is 1. The Hall–Kier alpha value is -2.95. The summed E-state index contributed by atoms with van der Waals surface area (Å²) in [6.07, 6.45) is 15.2. The van der Waals surface area contributed by atoms with E-state index in [-0.39, 0.29) is 24.1 Å². The maximum atomic E-state index is 14.7. The van der Waals surface area contributed by atoms with Crippen LogP contribution in [0.3, 0.4) is 0 Å². The molecule has 2 aromatic heterocycles. The molecule has 48 heavy (non-hydrogen) atoms. The predicted octanol–water partition coefficient (Wildman–Crippen LogP) is 6.84. The average molecular weight is 738 g/mol. The number of carbonyl (C=O) groups is 2. The Morgan fingerprint density at radius 2 is 1.81 bits per heavy atom. The topological polar surface area (TPSA) is 83.8 Å². The summed E-state index contributed by atoms with van der Waals surface area (Å²) in [5, 5.41) is 0.720. The molecule has 0 spiro atoms. The molecule has 7 rings (SSSR count). The highest BCUT2D eigenvalue weighted by molar-refractivity contribution is 9.10. The highest BCUT2D eigenvalue weighted by Gasteiger charge is 2.43. The lowest BCUT2D eigenvalue weighted by Crippen LogP contribution is -2.62. The average Bonchev–Trinajstić information content (AvgIpc) is 3.50. The lowest BCUT2D eigenvalue weighted by Gasteiger charge is -2.45. The summed E-state index contributed by atoms with van der Waals surface area (Å²) in [5.41, 5.74) is 5.65. The maximum Gasteiger partial charge on any atom is 0.410 e. The van der Waals surface area contributed by atoms with Crippen molar-refractivity contribution < 1.29 is 14.3 Å². The first kappa shape index (κ1) is 33.5. The number of rotatable bonds is 6. The van der Waals surface area contributed by atoms with E-state index >= 15 is 0 Å². The Labute approximate surface area is 297 Å². The number of benzene rings is 1. The second-order valence-electron chi connectivity index (χ2n) is 14.0. The molecule has 11 heteroatoms. The van der Waals surface area contributed by atoms with Crippen LogP contribution in [-0.4, -0.2) is 86.1 Å². The van der Waals surface area contributed by atoms with E-state index in [1.54, 1.807) is 4.90 Å². The van der Waals surface area contributed by atoms with Gasteiger partial charge in [0.25, 0.3) is 0 Å². The Kier molecular flexibility index (Phi) is 10.4. The van der Waals surface area contributed by atoms with E-state index in [0.29, 0.717) is 38.6 Å². The van der Waals surface area contributed by atoms with Gasteiger partial charge in [-0.25, -0.2) is 9.78 Å². The molecule has 3 fully saturated rings. The molecule has 2 saturated heterocycles. The van der Waals surface area contributed by atoms with Crippen molar-refractivity contribution in [2.24, 2.45) is 5.92 Å². The second-order valence-corrected chi connectivity index (χ2v) is 15.4. The number of halogens is 2. The molecule has 2 aliphatic heterocycles. The monoisotopic (exact) mass is 736 g/mol. The first-order chi connectivity index (χ1) is 23.4. The van der Waals surface area contributed by atoms with E-state index in [1.807, 2.05) is 23.5 Å². The summed E-state index contributed by atoms with van der Waals surface area (Å²) in [6.45, 7) is 5.75. The number of hydrogen-bond acceptors (Lipinski definition) is 6. The first-order valence-electron chi connectivity index (χ1n) is 17.8. The number of fused-ring (bicyclic) bond motifs is 2. The zero-order valence-corrected chi connectivity index (χ0v) is 30.2. The van der Waals surface area contributed by atoms with Crippen LogP contribution in [-0.2, 0) is 35.3 Å². The number of imidazole rings is 1. The lowest BCUT2D eigenvalue weighted by molar-refractivity contribution is -0.141. The number of aromatic nitrogens is 3. The van der Waals surface area contributed by atoms with Crippen LogP contribution < -0.4 is 0 Å². The minimum atomic E-state index is -0.647. The summed E-state index contributed by atoms with van der Waals surface area (Å²) >= 11 is 10.1. The molecule has 1 aromatic carbocycles. The van der Waals surface area contributed by atoms with Crippen molar-refractivity contribution in [2.75, 3.05) is 32.7 Å². The fourth-order valence-corrected chi connectivity index (χ4v) is 8.83. The second kappa shape index (κ2) is 14.9. The largest absolute Gasteiger partial charge is 0.446 e. The molecule has 0 N–H and O–H groups in total. The van der Waals surface area contributed by atoms with E-state index in [4.69, 9.17) is 21.3 Å². The van der Waals surface area contributed by atoms with Gasteiger partial charge in [-0.15, -0.1) is 0 Å². The van der Waals surface area contributed by atoms with Gasteiger partial charge < -0.3 is 14.2 Å². The van der Waals surface area contributed by atoms with Crippen LogP contribution in [0.5, 0.6) is 0 Å². The highest BCUT2D eigenvalue weighted by atomic mass is 79.9. The van der Waals surface area contributed by atoms with Crippen molar-refractivity contribution in [2.45, 2.75) is 95.9 Å². The van der Waals surface area contributed by atoms with Crippen molar-refractivity contribution in [3.8, 4) is 0 Å². The summed E-state index contributed by atoms with van der Waals surface area (Å²) in [5.74, 6) is 0.343. The minimum Gasteiger partial charge on any atom is -0.446 e. The zero-order chi connectivity index (χ0) is 33.2. The molecule has 0 bridgehead atoms. The minimum absolute atomic E-state index is 0.0128. The molecule has 4 aliphatic rings. The summed E-state index contributed by atoms with van der Waals surface area (Å²) in [6, 6.07) is 7.51. The van der Waals surface area contributed by atoms with Gasteiger partial charge in [-0.3, -0.25) is 19.6 Å². The van der Waals surface area contributed by atoms with E-state index in [1.165, 1.54) is 23.1 Å². The van der Waals surface area contributed by atoms with Crippen molar-refractivity contribution in [3.05, 3.63) is 80.6 Å². The molecule has 2 aliphatic carbocycles. The van der Waals surface area contributed by atoms with Crippen LogP contribution >= 0.6 is 27.5 Å². The molecule has 256 valence electrons. The quantitative estimate of drug-likeness (QED) is 0.276. The fourth-order valence-electron chi connectivity index (χ4n) is 8.26. The van der Waals surface area contributed by atoms with Gasteiger partial charge in [0.15, 0.2) is 0 Å². The van der Waals surface area contributed by atoms with Crippen LogP contribution in [0.25, 0.3) is 0 Å². The van der Waals surface area contributed by atoms with Crippen LogP contribution in [0.2, 0.25) is 5.02 Å². The number of pyridine rings is 1. The van der Waals surface area contributed by atoms with Gasteiger partial charge >= 0.3 is 6.09 Å². The third-order valence-electron chi connectivity index (χ3n) is 10.8.